The largest absolute Gasteiger partial charge is 0.381 e. The van der Waals surface area contributed by atoms with Crippen LogP contribution in [0.2, 0.25) is 0 Å². The molecule has 1 aliphatic heterocycles. The summed E-state index contributed by atoms with van der Waals surface area (Å²) in [5.41, 5.74) is 6.61. The highest BCUT2D eigenvalue weighted by molar-refractivity contribution is 7.91. The summed E-state index contributed by atoms with van der Waals surface area (Å²) in [5, 5.41) is 0. The Hall–Kier alpha value is -1.70. The number of fused-ring (bicyclic) bond motifs is 1. The van der Waals surface area contributed by atoms with Crippen LogP contribution in [0, 0.1) is 0 Å². The molecular formula is C9H13N5O2S. The molecule has 0 aromatic carbocycles. The van der Waals surface area contributed by atoms with E-state index < -0.39 is 10.2 Å². The second kappa shape index (κ2) is 3.95. The Morgan fingerprint density at radius 2 is 2.12 bits per heavy atom. The quantitative estimate of drug-likeness (QED) is 0.790. The van der Waals surface area contributed by atoms with E-state index in [9.17, 15) is 8.42 Å². The highest BCUT2D eigenvalue weighted by atomic mass is 32.2. The van der Waals surface area contributed by atoms with Gasteiger partial charge in [-0.2, -0.15) is 8.42 Å². The summed E-state index contributed by atoms with van der Waals surface area (Å²) in [7, 11) is -3.77. The molecule has 1 aromatic heterocycles. The van der Waals surface area contributed by atoms with Crippen LogP contribution in [0.25, 0.3) is 0 Å². The summed E-state index contributed by atoms with van der Waals surface area (Å²) in [5.74, 6) is 0.152. The number of nitrogens with zero attached hydrogens (tertiary/aromatic N) is 4. The maximum absolute atomic E-state index is 11.8. The number of aryl methyl sites for hydroxylation is 1. The smallest absolute Gasteiger partial charge is 0.347 e. The molecule has 0 bridgehead atoms. The topological polar surface area (TPSA) is 102 Å². The molecule has 1 aromatic rings. The van der Waals surface area contributed by atoms with Crippen LogP contribution in [-0.2, 0) is 16.6 Å². The van der Waals surface area contributed by atoms with Crippen LogP contribution in [0.5, 0.6) is 0 Å². The number of hydrogen-bond acceptors (Lipinski definition) is 5. The molecule has 2 N–H and O–H groups in total. The van der Waals surface area contributed by atoms with E-state index in [1.54, 1.807) is 13.1 Å². The van der Waals surface area contributed by atoms with E-state index in [1.807, 2.05) is 6.92 Å². The van der Waals surface area contributed by atoms with Gasteiger partial charge in [0.15, 0.2) is 11.7 Å². The molecule has 0 spiro atoms. The van der Waals surface area contributed by atoms with Crippen LogP contribution in [0.3, 0.4) is 0 Å². The molecule has 2 heterocycles. The number of rotatable bonds is 2. The lowest BCUT2D eigenvalue weighted by atomic mass is 10.3. The normalized spacial score (nSPS) is 17.5. The standard InChI is InChI=1S/C9H13N5O2S/c1-3-6-5-11-7-8(10)13-17(15,16)14(4-2)9(7)12-6/h5H,3-4H2,1-2H3,(H2,10,13). The van der Waals surface area contributed by atoms with Crippen molar-refractivity contribution in [3.63, 3.8) is 0 Å². The molecule has 2 rings (SSSR count). The molecule has 0 aliphatic carbocycles. The maximum Gasteiger partial charge on any atom is 0.347 e. The van der Waals surface area contributed by atoms with Crippen molar-refractivity contribution in [3.05, 3.63) is 17.6 Å². The predicted octanol–water partition coefficient (Wildman–Crippen LogP) is -0.171. The molecule has 0 amide bonds. The van der Waals surface area contributed by atoms with E-state index >= 15 is 0 Å². The number of nitrogens with two attached hydrogens (primary N) is 1. The second-order valence-electron chi connectivity index (χ2n) is 3.51. The van der Waals surface area contributed by atoms with Crippen molar-refractivity contribution in [2.75, 3.05) is 10.8 Å². The molecule has 0 atom stereocenters. The van der Waals surface area contributed by atoms with E-state index in [4.69, 9.17) is 5.73 Å². The minimum Gasteiger partial charge on any atom is -0.381 e. The van der Waals surface area contributed by atoms with Crippen molar-refractivity contribution in [3.8, 4) is 0 Å². The molecule has 92 valence electrons. The predicted molar refractivity (Wildman–Crippen MR) is 64.1 cm³/mol. The van der Waals surface area contributed by atoms with Crippen molar-refractivity contribution >= 4 is 21.9 Å². The lowest BCUT2D eigenvalue weighted by molar-refractivity contribution is 0.592. The molecule has 0 saturated carbocycles. The Morgan fingerprint density at radius 1 is 1.41 bits per heavy atom. The number of hydrogen-bond donors (Lipinski definition) is 1. The zero-order valence-electron chi connectivity index (χ0n) is 9.58. The maximum atomic E-state index is 11.8. The third kappa shape index (κ3) is 1.84. The van der Waals surface area contributed by atoms with Gasteiger partial charge in [0, 0.05) is 12.7 Å². The fourth-order valence-corrected chi connectivity index (χ4v) is 2.68. The first-order valence-electron chi connectivity index (χ1n) is 5.24. The SMILES string of the molecule is CCc1cnc2c(n1)N(CC)S(=O)(=O)N=C2N. The Morgan fingerprint density at radius 3 is 2.71 bits per heavy atom. The van der Waals surface area contributed by atoms with Crippen LogP contribution in [0.1, 0.15) is 25.2 Å². The zero-order chi connectivity index (χ0) is 12.6. The van der Waals surface area contributed by atoms with E-state index in [2.05, 4.69) is 14.4 Å². The van der Waals surface area contributed by atoms with Gasteiger partial charge in [-0.3, -0.25) is 0 Å². The van der Waals surface area contributed by atoms with E-state index in [-0.39, 0.29) is 18.2 Å². The molecule has 17 heavy (non-hydrogen) atoms. The fraction of sp³-hybridized carbons (Fsp3) is 0.444. The van der Waals surface area contributed by atoms with Crippen molar-refractivity contribution < 1.29 is 8.42 Å². The number of amidine groups is 1. The summed E-state index contributed by atoms with van der Waals surface area (Å²) < 4.78 is 28.1. The van der Waals surface area contributed by atoms with E-state index in [1.165, 1.54) is 0 Å². The second-order valence-corrected chi connectivity index (χ2v) is 5.03. The van der Waals surface area contributed by atoms with Crippen molar-refractivity contribution in [1.82, 2.24) is 9.97 Å². The number of anilines is 1. The van der Waals surface area contributed by atoms with Crippen molar-refractivity contribution in [2.45, 2.75) is 20.3 Å². The van der Waals surface area contributed by atoms with Gasteiger partial charge in [-0.1, -0.05) is 6.92 Å². The third-order valence-corrected chi connectivity index (χ3v) is 3.84. The molecule has 1 aliphatic rings. The first-order valence-corrected chi connectivity index (χ1v) is 6.63. The molecule has 7 nitrogen and oxygen atoms in total. The fourth-order valence-electron chi connectivity index (χ4n) is 1.58. The highest BCUT2D eigenvalue weighted by Gasteiger charge is 2.31. The van der Waals surface area contributed by atoms with Gasteiger partial charge in [0.2, 0.25) is 0 Å². The number of aromatic nitrogens is 2. The van der Waals surface area contributed by atoms with Crippen LogP contribution in [0.15, 0.2) is 10.6 Å². The first kappa shape index (κ1) is 11.8. The molecule has 0 saturated heterocycles. The van der Waals surface area contributed by atoms with Crippen LogP contribution in [-0.4, -0.2) is 30.8 Å². The Labute approximate surface area is 99.6 Å². The summed E-state index contributed by atoms with van der Waals surface area (Å²) in [4.78, 5) is 8.36. The summed E-state index contributed by atoms with van der Waals surface area (Å²) >= 11 is 0. The third-order valence-electron chi connectivity index (χ3n) is 2.42. The monoisotopic (exact) mass is 255 g/mol. The van der Waals surface area contributed by atoms with Gasteiger partial charge in [-0.15, -0.1) is 4.40 Å². The van der Waals surface area contributed by atoms with E-state index in [0.29, 0.717) is 17.8 Å². The lowest BCUT2D eigenvalue weighted by Gasteiger charge is -2.24. The minimum atomic E-state index is -3.77. The zero-order valence-corrected chi connectivity index (χ0v) is 10.4. The van der Waals surface area contributed by atoms with Crippen LogP contribution in [0.4, 0.5) is 5.82 Å². The highest BCUT2D eigenvalue weighted by Crippen LogP contribution is 2.24. The molecule has 0 unspecified atom stereocenters. The van der Waals surface area contributed by atoms with Gasteiger partial charge in [-0.05, 0) is 13.3 Å². The average Bonchev–Trinajstić information content (AvgIpc) is 2.27. The van der Waals surface area contributed by atoms with E-state index in [0.717, 1.165) is 4.31 Å². The summed E-state index contributed by atoms with van der Waals surface area (Å²) in [6.07, 6.45) is 2.25. The van der Waals surface area contributed by atoms with Crippen molar-refractivity contribution in [1.29, 1.82) is 0 Å². The Kier molecular flexibility index (Phi) is 2.74. The van der Waals surface area contributed by atoms with Crippen molar-refractivity contribution in [2.24, 2.45) is 10.1 Å². The van der Waals surface area contributed by atoms with Gasteiger partial charge in [0.25, 0.3) is 0 Å². The van der Waals surface area contributed by atoms with Gasteiger partial charge < -0.3 is 5.73 Å². The lowest BCUT2D eigenvalue weighted by Crippen LogP contribution is -2.38. The van der Waals surface area contributed by atoms with Gasteiger partial charge >= 0.3 is 10.2 Å². The summed E-state index contributed by atoms with van der Waals surface area (Å²) in [6, 6.07) is 0. The Bertz CT molecular complexity index is 581. The molecule has 0 fully saturated rings. The van der Waals surface area contributed by atoms with Gasteiger partial charge in [-0.25, -0.2) is 14.3 Å². The molecule has 8 heteroatoms. The minimum absolute atomic E-state index is 0.111. The van der Waals surface area contributed by atoms with Gasteiger partial charge in [0.05, 0.1) is 5.69 Å². The molecular weight excluding hydrogens is 242 g/mol. The van der Waals surface area contributed by atoms with Crippen LogP contribution >= 0.6 is 0 Å². The molecule has 0 radical (unpaired) electrons. The summed E-state index contributed by atoms with van der Waals surface area (Å²) in [6.45, 7) is 3.87. The first-order chi connectivity index (χ1) is 7.99. The Balaban J connectivity index is 2.69. The van der Waals surface area contributed by atoms with Gasteiger partial charge in [0.1, 0.15) is 5.69 Å². The van der Waals surface area contributed by atoms with Crippen LogP contribution < -0.4 is 10.0 Å². The average molecular weight is 255 g/mol.